The molecule has 1 rings (SSSR count). The van der Waals surface area contributed by atoms with Crippen LogP contribution in [0, 0.1) is 0 Å². The largest absolute Gasteiger partial charge is 1.00 e. The normalized spacial score (nSPS) is 12.7. The summed E-state index contributed by atoms with van der Waals surface area (Å²) in [6.07, 6.45) is 1.68. The van der Waals surface area contributed by atoms with Gasteiger partial charge in [0.15, 0.2) is 9.84 Å². The maximum Gasteiger partial charge on any atom is 0.185 e. The standard InChI is InChI=1S/C15H25N2O2S.HI/c1-16(2)13-15(14-9-7-6-8-10-14)20(18,19)12-11-17(3,4)5;/h6-10,13H,11-12H2,1-5H3;1H/q+1;/p-1/b15-13+;. The predicted molar refractivity (Wildman–Crippen MR) is 84.8 cm³/mol. The zero-order valence-electron chi connectivity index (χ0n) is 13.4. The molecule has 0 saturated carbocycles. The summed E-state index contributed by atoms with van der Waals surface area (Å²) < 4.78 is 25.8. The molecule has 0 aliphatic heterocycles. The molecule has 0 atom stereocenters. The molecule has 21 heavy (non-hydrogen) atoms. The van der Waals surface area contributed by atoms with Crippen molar-refractivity contribution in [3.05, 3.63) is 42.1 Å². The van der Waals surface area contributed by atoms with Crippen LogP contribution in [0.2, 0.25) is 0 Å². The first kappa shape index (κ1) is 20.4. The molecule has 0 saturated heterocycles. The van der Waals surface area contributed by atoms with Gasteiger partial charge in [0.2, 0.25) is 0 Å². The molecule has 0 amide bonds. The van der Waals surface area contributed by atoms with E-state index in [-0.39, 0.29) is 29.7 Å². The van der Waals surface area contributed by atoms with Crippen molar-refractivity contribution in [2.45, 2.75) is 0 Å². The summed E-state index contributed by atoms with van der Waals surface area (Å²) in [6, 6.07) is 9.26. The Bertz CT molecular complexity index is 561. The van der Waals surface area contributed by atoms with Crippen LogP contribution in [-0.4, -0.2) is 65.3 Å². The van der Waals surface area contributed by atoms with E-state index in [1.165, 1.54) is 0 Å². The molecule has 0 N–H and O–H groups in total. The number of benzene rings is 1. The van der Waals surface area contributed by atoms with Gasteiger partial charge >= 0.3 is 0 Å². The fourth-order valence-corrected chi connectivity index (χ4v) is 3.55. The first-order valence-electron chi connectivity index (χ1n) is 6.59. The molecule has 1 aromatic rings. The van der Waals surface area contributed by atoms with Gasteiger partial charge in [0.25, 0.3) is 0 Å². The first-order chi connectivity index (χ1) is 9.12. The van der Waals surface area contributed by atoms with Gasteiger partial charge in [0, 0.05) is 20.3 Å². The fourth-order valence-electron chi connectivity index (χ4n) is 1.68. The Labute approximate surface area is 146 Å². The van der Waals surface area contributed by atoms with Crippen molar-refractivity contribution in [2.24, 2.45) is 0 Å². The Hall–Kier alpha value is -0.600. The van der Waals surface area contributed by atoms with E-state index in [9.17, 15) is 8.42 Å². The molecule has 1 aromatic carbocycles. The molecule has 0 aromatic heterocycles. The van der Waals surface area contributed by atoms with E-state index >= 15 is 0 Å². The second kappa shape index (κ2) is 8.14. The molecule has 0 unspecified atom stereocenters. The predicted octanol–water partition coefficient (Wildman–Crippen LogP) is -1.33. The lowest BCUT2D eigenvalue weighted by molar-refractivity contribution is -0.867. The van der Waals surface area contributed by atoms with Crippen LogP contribution in [0.1, 0.15) is 5.56 Å². The van der Waals surface area contributed by atoms with Crippen LogP contribution in [0.15, 0.2) is 36.5 Å². The molecule has 0 bridgehead atoms. The zero-order chi connectivity index (χ0) is 15.4. The number of sulfone groups is 1. The molecule has 0 heterocycles. The molecule has 0 radical (unpaired) electrons. The SMILES string of the molecule is CN(C)/C=C(\c1ccccc1)S(=O)(=O)CC[N+](C)(C)C.[I-]. The lowest BCUT2D eigenvalue weighted by Gasteiger charge is -2.24. The van der Waals surface area contributed by atoms with Gasteiger partial charge in [0.05, 0.1) is 32.6 Å². The molecule has 6 heteroatoms. The monoisotopic (exact) mass is 424 g/mol. The van der Waals surface area contributed by atoms with E-state index in [0.717, 1.165) is 5.56 Å². The number of hydrogen-bond donors (Lipinski definition) is 0. The van der Waals surface area contributed by atoms with Gasteiger partial charge in [-0.15, -0.1) is 0 Å². The average molecular weight is 424 g/mol. The third kappa shape index (κ3) is 7.28. The summed E-state index contributed by atoms with van der Waals surface area (Å²) >= 11 is 0. The molecular weight excluding hydrogens is 399 g/mol. The lowest BCUT2D eigenvalue weighted by atomic mass is 10.2. The van der Waals surface area contributed by atoms with E-state index < -0.39 is 9.84 Å². The summed E-state index contributed by atoms with van der Waals surface area (Å²) in [5, 5.41) is 0. The van der Waals surface area contributed by atoms with Gasteiger partial charge in [-0.25, -0.2) is 8.42 Å². The van der Waals surface area contributed by atoms with Crippen molar-refractivity contribution < 1.29 is 36.9 Å². The highest BCUT2D eigenvalue weighted by Gasteiger charge is 2.23. The Morgan fingerprint density at radius 3 is 2.10 bits per heavy atom. The quantitative estimate of drug-likeness (QED) is 0.420. The van der Waals surface area contributed by atoms with Gasteiger partial charge in [-0.3, -0.25) is 0 Å². The fraction of sp³-hybridized carbons (Fsp3) is 0.467. The minimum absolute atomic E-state index is 0. The summed E-state index contributed by atoms with van der Waals surface area (Å²) in [5.74, 6) is 0.144. The van der Waals surface area contributed by atoms with E-state index in [4.69, 9.17) is 0 Å². The Kier molecular flexibility index (Phi) is 7.91. The number of hydrogen-bond acceptors (Lipinski definition) is 3. The molecular formula is C15H25IN2O2S. The maximum absolute atomic E-state index is 12.6. The Morgan fingerprint density at radius 2 is 1.67 bits per heavy atom. The van der Waals surface area contributed by atoms with Crippen LogP contribution in [0.5, 0.6) is 0 Å². The van der Waals surface area contributed by atoms with Crippen LogP contribution in [-0.2, 0) is 9.84 Å². The van der Waals surface area contributed by atoms with Crippen molar-refractivity contribution in [3.8, 4) is 0 Å². The van der Waals surface area contributed by atoms with E-state index in [1.807, 2.05) is 65.6 Å². The zero-order valence-corrected chi connectivity index (χ0v) is 16.3. The minimum Gasteiger partial charge on any atom is -1.00 e. The Morgan fingerprint density at radius 1 is 1.14 bits per heavy atom. The van der Waals surface area contributed by atoms with E-state index in [0.29, 0.717) is 15.9 Å². The number of nitrogens with zero attached hydrogens (tertiary/aromatic N) is 2. The van der Waals surface area contributed by atoms with E-state index in [1.54, 1.807) is 11.1 Å². The van der Waals surface area contributed by atoms with Gasteiger partial charge in [-0.05, 0) is 5.56 Å². The maximum atomic E-state index is 12.6. The summed E-state index contributed by atoms with van der Waals surface area (Å²) in [5.41, 5.74) is 0.739. The number of rotatable bonds is 6. The van der Waals surface area contributed by atoms with E-state index in [2.05, 4.69) is 0 Å². The van der Waals surface area contributed by atoms with Crippen LogP contribution in [0.25, 0.3) is 4.91 Å². The topological polar surface area (TPSA) is 37.4 Å². The van der Waals surface area contributed by atoms with Gasteiger partial charge < -0.3 is 33.4 Å². The smallest absolute Gasteiger partial charge is 0.185 e. The second-order valence-electron chi connectivity index (χ2n) is 6.16. The summed E-state index contributed by atoms with van der Waals surface area (Å²) in [4.78, 5) is 2.16. The van der Waals surface area contributed by atoms with Gasteiger partial charge in [-0.1, -0.05) is 30.3 Å². The van der Waals surface area contributed by atoms with Crippen LogP contribution < -0.4 is 24.0 Å². The van der Waals surface area contributed by atoms with Crippen molar-refractivity contribution >= 4 is 14.7 Å². The highest BCUT2D eigenvalue weighted by molar-refractivity contribution is 8.00. The van der Waals surface area contributed by atoms with Crippen molar-refractivity contribution in [1.82, 2.24) is 4.90 Å². The van der Waals surface area contributed by atoms with Crippen LogP contribution >= 0.6 is 0 Å². The van der Waals surface area contributed by atoms with Gasteiger partial charge in [-0.2, -0.15) is 0 Å². The molecule has 120 valence electrons. The van der Waals surface area contributed by atoms with Crippen LogP contribution in [0.4, 0.5) is 0 Å². The highest BCUT2D eigenvalue weighted by Crippen LogP contribution is 2.22. The van der Waals surface area contributed by atoms with Crippen molar-refractivity contribution in [2.75, 3.05) is 47.5 Å². The summed E-state index contributed by atoms with van der Waals surface area (Å²) in [6.45, 7) is 0.583. The average Bonchev–Trinajstić information content (AvgIpc) is 2.34. The number of quaternary nitrogens is 1. The highest BCUT2D eigenvalue weighted by atomic mass is 127. The Balaban J connectivity index is 0.00000400. The lowest BCUT2D eigenvalue weighted by Crippen LogP contribution is -3.00. The third-order valence-corrected chi connectivity index (χ3v) is 4.53. The number of halogens is 1. The summed E-state index contributed by atoms with van der Waals surface area (Å²) in [7, 11) is 6.34. The van der Waals surface area contributed by atoms with Gasteiger partial charge in [0.1, 0.15) is 5.75 Å². The second-order valence-corrected chi connectivity index (χ2v) is 8.23. The molecule has 0 aliphatic carbocycles. The minimum atomic E-state index is -3.30. The van der Waals surface area contributed by atoms with Crippen LogP contribution in [0.3, 0.4) is 0 Å². The van der Waals surface area contributed by atoms with Crippen molar-refractivity contribution in [3.63, 3.8) is 0 Å². The first-order valence-corrected chi connectivity index (χ1v) is 8.24. The molecule has 0 spiro atoms. The molecule has 4 nitrogen and oxygen atoms in total. The molecule has 0 aliphatic rings. The van der Waals surface area contributed by atoms with Crippen molar-refractivity contribution in [1.29, 1.82) is 0 Å². The molecule has 0 fully saturated rings. The third-order valence-electron chi connectivity index (χ3n) is 2.80.